The molecular formula is C26H27N3O5S. The van der Waals surface area contributed by atoms with E-state index in [4.69, 9.17) is 14.6 Å². The third kappa shape index (κ3) is 6.24. The Labute approximate surface area is 207 Å². The van der Waals surface area contributed by atoms with Crippen LogP contribution in [0.15, 0.2) is 60.1 Å². The van der Waals surface area contributed by atoms with Crippen LogP contribution in [0.4, 0.5) is 0 Å². The quantitative estimate of drug-likeness (QED) is 0.349. The van der Waals surface area contributed by atoms with Crippen LogP contribution < -0.4 is 0 Å². The lowest BCUT2D eigenvalue weighted by Crippen LogP contribution is -2.42. The molecule has 0 atom stereocenters. The molecule has 8 nitrogen and oxygen atoms in total. The zero-order valence-electron chi connectivity index (χ0n) is 19.5. The maximum absolute atomic E-state index is 12.4. The largest absolute Gasteiger partial charge is 0.466 e. The Balaban J connectivity index is 1.35. The number of piperidine rings is 1. The van der Waals surface area contributed by atoms with Crippen molar-refractivity contribution >= 4 is 35.3 Å². The summed E-state index contributed by atoms with van der Waals surface area (Å²) in [5.41, 5.74) is 2.43. The number of hydrogen-bond acceptors (Lipinski definition) is 7. The monoisotopic (exact) mass is 493 g/mol. The second-order valence-electron chi connectivity index (χ2n) is 8.04. The summed E-state index contributed by atoms with van der Waals surface area (Å²) >= 11 is 1.56. The highest BCUT2D eigenvalue weighted by molar-refractivity contribution is 7.13. The number of rotatable bonds is 8. The average molecular weight is 494 g/mol. The van der Waals surface area contributed by atoms with Crippen LogP contribution >= 0.6 is 11.3 Å². The van der Waals surface area contributed by atoms with Gasteiger partial charge in [-0.1, -0.05) is 24.3 Å². The summed E-state index contributed by atoms with van der Waals surface area (Å²) in [5.74, 6) is -1.28. The number of carbonyl (C=O) groups is 3. The number of esters is 2. The maximum Gasteiger partial charge on any atom is 0.331 e. The van der Waals surface area contributed by atoms with E-state index < -0.39 is 5.97 Å². The van der Waals surface area contributed by atoms with Crippen molar-refractivity contribution in [1.82, 2.24) is 14.7 Å². The van der Waals surface area contributed by atoms with Crippen LogP contribution in [-0.4, -0.2) is 58.8 Å². The Morgan fingerprint density at radius 3 is 2.54 bits per heavy atom. The highest BCUT2D eigenvalue weighted by atomic mass is 32.1. The number of nitrogens with zero attached hydrogens (tertiary/aromatic N) is 3. The molecule has 0 spiro atoms. The van der Waals surface area contributed by atoms with E-state index in [1.807, 2.05) is 54.0 Å². The summed E-state index contributed by atoms with van der Waals surface area (Å²) in [4.78, 5) is 39.2. The fourth-order valence-corrected chi connectivity index (χ4v) is 4.61. The summed E-state index contributed by atoms with van der Waals surface area (Å²) in [7, 11) is 0. The van der Waals surface area contributed by atoms with Gasteiger partial charge < -0.3 is 14.4 Å². The Morgan fingerprint density at radius 1 is 1.09 bits per heavy atom. The zero-order chi connectivity index (χ0) is 24.6. The maximum atomic E-state index is 12.4. The van der Waals surface area contributed by atoms with Gasteiger partial charge in [-0.05, 0) is 49.4 Å². The molecule has 4 rings (SSSR count). The molecule has 35 heavy (non-hydrogen) atoms. The molecule has 1 saturated heterocycles. The summed E-state index contributed by atoms with van der Waals surface area (Å²) < 4.78 is 12.0. The van der Waals surface area contributed by atoms with Gasteiger partial charge >= 0.3 is 11.9 Å². The average Bonchev–Trinajstić information content (AvgIpc) is 3.57. The number of ether oxygens (including phenoxy) is 2. The number of aromatic nitrogens is 2. The van der Waals surface area contributed by atoms with Crippen LogP contribution in [-0.2, 0) is 23.9 Å². The van der Waals surface area contributed by atoms with Gasteiger partial charge in [0.2, 0.25) is 0 Å². The third-order valence-electron chi connectivity index (χ3n) is 5.72. The summed E-state index contributed by atoms with van der Waals surface area (Å²) in [6.07, 6.45) is 5.92. The molecule has 1 aromatic carbocycles. The topological polar surface area (TPSA) is 90.7 Å². The number of thiophene rings is 1. The van der Waals surface area contributed by atoms with E-state index in [0.29, 0.717) is 32.5 Å². The lowest BCUT2D eigenvalue weighted by Gasteiger charge is -2.30. The fourth-order valence-electron chi connectivity index (χ4n) is 3.88. The molecule has 1 aliphatic rings. The first kappa shape index (κ1) is 24.4. The van der Waals surface area contributed by atoms with Crippen molar-refractivity contribution < 1.29 is 23.9 Å². The van der Waals surface area contributed by atoms with Gasteiger partial charge in [0.05, 0.1) is 23.1 Å². The van der Waals surface area contributed by atoms with E-state index in [1.165, 1.54) is 6.08 Å². The van der Waals surface area contributed by atoms with Crippen LogP contribution in [0.25, 0.3) is 22.3 Å². The molecule has 0 aliphatic carbocycles. The van der Waals surface area contributed by atoms with Gasteiger partial charge in [0.25, 0.3) is 5.91 Å². The lowest BCUT2D eigenvalue weighted by molar-refractivity contribution is -0.153. The number of likely N-dealkylation sites (tertiary alicyclic amines) is 1. The van der Waals surface area contributed by atoms with Gasteiger partial charge in [-0.15, -0.1) is 11.3 Å². The normalized spacial score (nSPS) is 14.3. The van der Waals surface area contributed by atoms with Crippen LogP contribution in [0.5, 0.6) is 0 Å². The minimum atomic E-state index is -0.607. The van der Waals surface area contributed by atoms with Crippen molar-refractivity contribution in [3.8, 4) is 16.3 Å². The van der Waals surface area contributed by atoms with Crippen molar-refractivity contribution in [2.75, 3.05) is 26.3 Å². The van der Waals surface area contributed by atoms with E-state index in [-0.39, 0.29) is 24.4 Å². The van der Waals surface area contributed by atoms with Crippen LogP contribution in [0, 0.1) is 5.92 Å². The van der Waals surface area contributed by atoms with Crippen molar-refractivity contribution in [2.24, 2.45) is 5.92 Å². The zero-order valence-corrected chi connectivity index (χ0v) is 20.3. The second-order valence-corrected chi connectivity index (χ2v) is 8.99. The predicted molar refractivity (Wildman–Crippen MR) is 133 cm³/mol. The molecule has 2 aromatic heterocycles. The molecule has 182 valence electrons. The molecule has 1 amide bonds. The molecule has 0 radical (unpaired) electrons. The van der Waals surface area contributed by atoms with Gasteiger partial charge in [-0.3, -0.25) is 9.59 Å². The van der Waals surface area contributed by atoms with Gasteiger partial charge in [0.1, 0.15) is 5.69 Å². The van der Waals surface area contributed by atoms with E-state index in [1.54, 1.807) is 33.9 Å². The second kappa shape index (κ2) is 11.6. The first-order chi connectivity index (χ1) is 17.0. The minimum Gasteiger partial charge on any atom is -0.466 e. The summed E-state index contributed by atoms with van der Waals surface area (Å²) in [5, 5.41) is 6.67. The minimum absolute atomic E-state index is 0.182. The fraction of sp³-hybridized carbons (Fsp3) is 0.308. The predicted octanol–water partition coefficient (Wildman–Crippen LogP) is 3.96. The number of para-hydroxylation sites is 1. The van der Waals surface area contributed by atoms with Gasteiger partial charge in [0, 0.05) is 30.9 Å². The van der Waals surface area contributed by atoms with Gasteiger partial charge in [-0.2, -0.15) is 5.10 Å². The van der Waals surface area contributed by atoms with Crippen molar-refractivity contribution in [1.29, 1.82) is 0 Å². The van der Waals surface area contributed by atoms with Gasteiger partial charge in [-0.25, -0.2) is 9.48 Å². The highest BCUT2D eigenvalue weighted by Gasteiger charge is 2.28. The molecular weight excluding hydrogens is 466 g/mol. The van der Waals surface area contributed by atoms with E-state index >= 15 is 0 Å². The van der Waals surface area contributed by atoms with Crippen LogP contribution in [0.3, 0.4) is 0 Å². The highest BCUT2D eigenvalue weighted by Crippen LogP contribution is 2.28. The Kier molecular flexibility index (Phi) is 8.10. The molecule has 0 N–H and O–H groups in total. The van der Waals surface area contributed by atoms with Crippen molar-refractivity contribution in [3.63, 3.8) is 0 Å². The molecule has 9 heteroatoms. The standard InChI is InChI=1S/C26H27N3O5S/c1-2-33-26(32)19-12-14-28(15-13-19)23(30)18-34-24(31)11-10-20-17-29(21-7-4-3-5-8-21)27-25(20)22-9-6-16-35-22/h3-11,16-17,19H,2,12-15,18H2,1H3/b11-10+. The number of amides is 1. The van der Waals surface area contributed by atoms with Crippen molar-refractivity contribution in [3.05, 3.63) is 65.7 Å². The van der Waals surface area contributed by atoms with Crippen LogP contribution in [0.2, 0.25) is 0 Å². The molecule has 0 unspecified atom stereocenters. The van der Waals surface area contributed by atoms with Gasteiger partial charge in [0.15, 0.2) is 6.61 Å². The molecule has 3 heterocycles. The third-order valence-corrected chi connectivity index (χ3v) is 6.60. The molecule has 1 aliphatic heterocycles. The smallest absolute Gasteiger partial charge is 0.331 e. The molecule has 0 saturated carbocycles. The Hall–Kier alpha value is -3.72. The number of hydrogen-bond donors (Lipinski definition) is 0. The first-order valence-electron chi connectivity index (χ1n) is 11.5. The van der Waals surface area contributed by atoms with E-state index in [0.717, 1.165) is 21.8 Å². The molecule has 3 aromatic rings. The first-order valence-corrected chi connectivity index (χ1v) is 12.4. The van der Waals surface area contributed by atoms with E-state index in [9.17, 15) is 14.4 Å². The Morgan fingerprint density at radius 2 is 1.86 bits per heavy atom. The van der Waals surface area contributed by atoms with E-state index in [2.05, 4.69) is 0 Å². The lowest BCUT2D eigenvalue weighted by atomic mass is 9.97. The summed E-state index contributed by atoms with van der Waals surface area (Å²) in [6, 6.07) is 13.6. The van der Waals surface area contributed by atoms with Crippen LogP contribution in [0.1, 0.15) is 25.3 Å². The summed E-state index contributed by atoms with van der Waals surface area (Å²) in [6.45, 7) is 2.67. The Bertz CT molecular complexity index is 1180. The van der Waals surface area contributed by atoms with Crippen molar-refractivity contribution in [2.45, 2.75) is 19.8 Å². The number of carbonyl (C=O) groups excluding carboxylic acids is 3. The molecule has 0 bridgehead atoms. The number of benzene rings is 1. The SMILES string of the molecule is CCOC(=O)C1CCN(C(=O)COC(=O)/C=C/c2cn(-c3ccccc3)nc2-c2cccs2)CC1. The molecule has 1 fully saturated rings.